The number of carbonyl (C=O) groups is 3. The summed E-state index contributed by atoms with van der Waals surface area (Å²) in [5.74, 6) is -2.96. The minimum absolute atomic E-state index is 0.144. The van der Waals surface area contributed by atoms with Gasteiger partial charge >= 0.3 is 12.1 Å². The average Bonchev–Trinajstić information content (AvgIpc) is 2.85. The second-order valence-corrected chi connectivity index (χ2v) is 5.63. The van der Waals surface area contributed by atoms with Crippen LogP contribution in [0, 0.1) is 5.92 Å². The van der Waals surface area contributed by atoms with Crippen LogP contribution in [-0.4, -0.2) is 52.6 Å². The molecule has 7 nitrogen and oxygen atoms in total. The van der Waals surface area contributed by atoms with Crippen LogP contribution in [0.25, 0.3) is 0 Å². The molecule has 0 aliphatic carbocycles. The van der Waals surface area contributed by atoms with Crippen LogP contribution in [0.4, 0.5) is 13.2 Å². The van der Waals surface area contributed by atoms with Crippen LogP contribution in [0.3, 0.4) is 0 Å². The molecule has 0 spiro atoms. The van der Waals surface area contributed by atoms with Crippen molar-refractivity contribution in [3.63, 3.8) is 0 Å². The lowest BCUT2D eigenvalue weighted by Gasteiger charge is -2.26. The SMILES string of the molecule is CC(C)C[C@H](N)C(=O)N1CCC[C@H]1C(N)=O.O=C(O)C(F)(F)F. The number of carboxylic acids is 1. The van der Waals surface area contributed by atoms with Gasteiger partial charge in [0.15, 0.2) is 0 Å². The number of nitrogens with two attached hydrogens (primary N) is 2. The Balaban J connectivity index is 0.000000585. The van der Waals surface area contributed by atoms with Crippen molar-refractivity contribution >= 4 is 17.8 Å². The molecule has 10 heteroatoms. The van der Waals surface area contributed by atoms with Crippen molar-refractivity contribution in [2.24, 2.45) is 17.4 Å². The number of rotatable bonds is 4. The van der Waals surface area contributed by atoms with Crippen LogP contribution in [0.15, 0.2) is 0 Å². The number of likely N-dealkylation sites (tertiary alicyclic amines) is 1. The minimum atomic E-state index is -5.08. The lowest BCUT2D eigenvalue weighted by Crippen LogP contribution is -2.50. The maximum absolute atomic E-state index is 12.0. The molecule has 2 atom stereocenters. The molecule has 0 aromatic rings. The first kappa shape index (κ1) is 21.2. The number of nitrogens with zero attached hydrogens (tertiary/aromatic N) is 1. The number of carboxylic acid groups (broad SMARTS) is 1. The molecule has 0 aromatic heterocycles. The average molecular weight is 341 g/mol. The third kappa shape index (κ3) is 7.31. The van der Waals surface area contributed by atoms with Crippen molar-refractivity contribution in [1.82, 2.24) is 4.90 Å². The van der Waals surface area contributed by atoms with Gasteiger partial charge in [0.1, 0.15) is 6.04 Å². The van der Waals surface area contributed by atoms with E-state index in [1.165, 1.54) is 4.90 Å². The Bertz CT molecular complexity index is 441. The van der Waals surface area contributed by atoms with Gasteiger partial charge in [-0.25, -0.2) is 4.79 Å². The van der Waals surface area contributed by atoms with Gasteiger partial charge in [-0.05, 0) is 25.2 Å². The fourth-order valence-corrected chi connectivity index (χ4v) is 2.15. The van der Waals surface area contributed by atoms with E-state index in [-0.39, 0.29) is 5.91 Å². The molecule has 0 bridgehead atoms. The lowest BCUT2D eigenvalue weighted by molar-refractivity contribution is -0.192. The number of carbonyl (C=O) groups excluding carboxylic acids is 2. The van der Waals surface area contributed by atoms with Gasteiger partial charge < -0.3 is 21.5 Å². The van der Waals surface area contributed by atoms with E-state index in [4.69, 9.17) is 21.4 Å². The summed E-state index contributed by atoms with van der Waals surface area (Å²) in [5, 5.41) is 7.12. The van der Waals surface area contributed by atoms with E-state index in [1.54, 1.807) is 0 Å². The van der Waals surface area contributed by atoms with Gasteiger partial charge in [-0.15, -0.1) is 0 Å². The second kappa shape index (κ2) is 8.70. The molecule has 1 heterocycles. The van der Waals surface area contributed by atoms with E-state index in [0.717, 1.165) is 6.42 Å². The second-order valence-electron chi connectivity index (χ2n) is 5.63. The third-order valence-corrected chi connectivity index (χ3v) is 3.15. The smallest absolute Gasteiger partial charge is 0.475 e. The first-order valence-electron chi connectivity index (χ1n) is 7.03. The van der Waals surface area contributed by atoms with Crippen LogP contribution in [0.2, 0.25) is 0 Å². The van der Waals surface area contributed by atoms with Gasteiger partial charge in [0, 0.05) is 6.54 Å². The summed E-state index contributed by atoms with van der Waals surface area (Å²) in [4.78, 5) is 33.6. The molecule has 23 heavy (non-hydrogen) atoms. The topological polar surface area (TPSA) is 127 Å². The minimum Gasteiger partial charge on any atom is -0.475 e. The number of amides is 2. The summed E-state index contributed by atoms with van der Waals surface area (Å²) < 4.78 is 31.7. The molecular weight excluding hydrogens is 319 g/mol. The third-order valence-electron chi connectivity index (χ3n) is 3.15. The Kier molecular flexibility index (Phi) is 8.01. The maximum atomic E-state index is 12.0. The van der Waals surface area contributed by atoms with Crippen molar-refractivity contribution in [2.45, 2.75) is 51.4 Å². The van der Waals surface area contributed by atoms with Crippen LogP contribution in [0.5, 0.6) is 0 Å². The van der Waals surface area contributed by atoms with Crippen molar-refractivity contribution < 1.29 is 32.7 Å². The Morgan fingerprint density at radius 1 is 1.30 bits per heavy atom. The molecule has 5 N–H and O–H groups in total. The summed E-state index contributed by atoms with van der Waals surface area (Å²) >= 11 is 0. The fourth-order valence-electron chi connectivity index (χ4n) is 2.15. The summed E-state index contributed by atoms with van der Waals surface area (Å²) in [6.07, 6.45) is -2.95. The first-order valence-corrected chi connectivity index (χ1v) is 7.03. The van der Waals surface area contributed by atoms with Crippen LogP contribution < -0.4 is 11.5 Å². The molecule has 0 aromatic carbocycles. The summed E-state index contributed by atoms with van der Waals surface area (Å²) in [6, 6.07) is -0.967. The highest BCUT2D eigenvalue weighted by Crippen LogP contribution is 2.19. The zero-order valence-corrected chi connectivity index (χ0v) is 13.0. The number of primary amides is 1. The molecular formula is C13H22F3N3O4. The van der Waals surface area contributed by atoms with Crippen molar-refractivity contribution in [3.8, 4) is 0 Å². The van der Waals surface area contributed by atoms with Gasteiger partial charge in [0.25, 0.3) is 0 Å². The van der Waals surface area contributed by atoms with E-state index < -0.39 is 30.1 Å². The van der Waals surface area contributed by atoms with Gasteiger partial charge in [-0.2, -0.15) is 13.2 Å². The Labute approximate surface area is 131 Å². The predicted octanol–water partition coefficient (Wildman–Crippen LogP) is 0.469. The standard InChI is InChI=1S/C11H21N3O2.C2HF3O2/c1-7(2)6-8(12)11(16)14-5-3-4-9(14)10(13)15;3-2(4,5)1(6)7/h7-9H,3-6,12H2,1-2H3,(H2,13,15);(H,6,7)/t8-,9-;/m0./s1. The summed E-state index contributed by atoms with van der Waals surface area (Å²) in [5.41, 5.74) is 11.1. The number of hydrogen-bond acceptors (Lipinski definition) is 4. The molecule has 1 rings (SSSR count). The molecule has 1 aliphatic rings. The summed E-state index contributed by atoms with van der Waals surface area (Å²) in [6.45, 7) is 4.63. The van der Waals surface area contributed by atoms with Gasteiger partial charge in [0.05, 0.1) is 6.04 Å². The van der Waals surface area contributed by atoms with Crippen LogP contribution in [-0.2, 0) is 14.4 Å². The number of hydrogen-bond donors (Lipinski definition) is 3. The predicted molar refractivity (Wildman–Crippen MR) is 75.1 cm³/mol. The number of aliphatic carboxylic acids is 1. The van der Waals surface area contributed by atoms with Crippen molar-refractivity contribution in [1.29, 1.82) is 0 Å². The molecule has 2 amide bonds. The quantitative estimate of drug-likeness (QED) is 0.685. The summed E-state index contributed by atoms with van der Waals surface area (Å²) in [7, 11) is 0. The Hall–Kier alpha value is -1.84. The Morgan fingerprint density at radius 3 is 2.13 bits per heavy atom. The number of halogens is 3. The van der Waals surface area contributed by atoms with Gasteiger partial charge in [-0.3, -0.25) is 9.59 Å². The molecule has 0 radical (unpaired) electrons. The fraction of sp³-hybridized carbons (Fsp3) is 0.769. The highest BCUT2D eigenvalue weighted by molar-refractivity contribution is 5.89. The first-order chi connectivity index (χ1) is 10.4. The van der Waals surface area contributed by atoms with E-state index in [2.05, 4.69) is 0 Å². The van der Waals surface area contributed by atoms with Crippen LogP contribution >= 0.6 is 0 Å². The maximum Gasteiger partial charge on any atom is 0.490 e. The normalized spacial score (nSPS) is 19.1. The van der Waals surface area contributed by atoms with Gasteiger partial charge in [-0.1, -0.05) is 13.8 Å². The van der Waals surface area contributed by atoms with Crippen molar-refractivity contribution in [3.05, 3.63) is 0 Å². The Morgan fingerprint density at radius 2 is 1.78 bits per heavy atom. The van der Waals surface area contributed by atoms with Crippen molar-refractivity contribution in [2.75, 3.05) is 6.54 Å². The molecule has 1 aliphatic heterocycles. The highest BCUT2D eigenvalue weighted by atomic mass is 19.4. The van der Waals surface area contributed by atoms with E-state index >= 15 is 0 Å². The lowest BCUT2D eigenvalue weighted by atomic mass is 10.0. The van der Waals surface area contributed by atoms with E-state index in [1.807, 2.05) is 13.8 Å². The zero-order valence-electron chi connectivity index (χ0n) is 13.0. The van der Waals surface area contributed by atoms with E-state index in [9.17, 15) is 22.8 Å². The molecule has 0 saturated carbocycles. The number of alkyl halides is 3. The molecule has 1 fully saturated rings. The van der Waals surface area contributed by atoms with Crippen LogP contribution in [0.1, 0.15) is 33.1 Å². The highest BCUT2D eigenvalue weighted by Gasteiger charge is 2.38. The monoisotopic (exact) mass is 341 g/mol. The van der Waals surface area contributed by atoms with E-state index in [0.29, 0.717) is 25.3 Å². The zero-order chi connectivity index (χ0) is 18.4. The molecule has 134 valence electrons. The molecule has 1 saturated heterocycles. The molecule has 0 unspecified atom stereocenters. The largest absolute Gasteiger partial charge is 0.490 e. The van der Waals surface area contributed by atoms with Gasteiger partial charge in [0.2, 0.25) is 11.8 Å².